The predicted molar refractivity (Wildman–Crippen MR) is 210 cm³/mol. The van der Waals surface area contributed by atoms with E-state index in [0.29, 0.717) is 42.0 Å². The van der Waals surface area contributed by atoms with E-state index in [4.69, 9.17) is 4.74 Å². The van der Waals surface area contributed by atoms with E-state index in [-0.39, 0.29) is 28.9 Å². The maximum absolute atomic E-state index is 12.4. The number of aromatic amines is 1. The van der Waals surface area contributed by atoms with E-state index in [2.05, 4.69) is 53.5 Å². The standard InChI is InChI=1S/C17H29N3O2.C17H18N2O2S.C4H7NO3S/c1-13-8-9-15(11-13)17(21)18-16-12-14(16)7-5-3-4-6-10-20(2)19-22;1-9(2)13-8-22-17(19-13)12-7-14(20)11-5-6-15(21-4)10(3)16(11)18-12;6-3-5-9(7,8)4-1-2-4/h5,7,13-16H,3-4,6,8-12H2,1-2H3,(H,18,21);5-9H,1-4H3,(H,18,20);3-4H,1-2H2,(H,5,6)/b7-5+;;/t13?,14-,15+,16-;;/m1../s1. The van der Waals surface area contributed by atoms with Crippen LogP contribution in [-0.2, 0) is 19.6 Å². The molecule has 3 saturated carbocycles. The van der Waals surface area contributed by atoms with E-state index < -0.39 is 10.0 Å². The number of sulfonamides is 1. The molecule has 0 saturated heterocycles. The van der Waals surface area contributed by atoms with Crippen molar-refractivity contribution < 1.29 is 22.7 Å². The molecule has 0 bridgehead atoms. The summed E-state index contributed by atoms with van der Waals surface area (Å²) in [5, 5.41) is 10.7. The second-order valence-corrected chi connectivity index (χ2v) is 17.4. The first kappa shape index (κ1) is 41.6. The fraction of sp³-hybridized carbons (Fsp3) is 0.579. The van der Waals surface area contributed by atoms with Gasteiger partial charge in [-0.1, -0.05) is 32.9 Å². The Morgan fingerprint density at radius 2 is 1.94 bits per heavy atom. The highest BCUT2D eigenvalue weighted by atomic mass is 32.2. The molecule has 3 N–H and O–H groups in total. The van der Waals surface area contributed by atoms with Crippen LogP contribution in [-0.4, -0.2) is 67.7 Å². The molecule has 1 unspecified atom stereocenters. The number of nitroso groups, excluding NO2 is 1. The third kappa shape index (κ3) is 12.2. The summed E-state index contributed by atoms with van der Waals surface area (Å²) in [5.41, 5.74) is 3.53. The van der Waals surface area contributed by atoms with Gasteiger partial charge < -0.3 is 15.0 Å². The molecule has 53 heavy (non-hydrogen) atoms. The number of hydrogen-bond acceptors (Lipinski definition) is 10. The molecule has 3 fully saturated rings. The Morgan fingerprint density at radius 1 is 1.19 bits per heavy atom. The summed E-state index contributed by atoms with van der Waals surface area (Å²) >= 11 is 1.55. The highest BCUT2D eigenvalue weighted by molar-refractivity contribution is 7.90. The Morgan fingerprint density at radius 3 is 2.55 bits per heavy atom. The number of H-pyrrole nitrogens is 1. The molecule has 2 aromatic heterocycles. The van der Waals surface area contributed by atoms with Gasteiger partial charge in [-0.3, -0.25) is 24.1 Å². The van der Waals surface area contributed by atoms with Gasteiger partial charge in [-0.15, -0.1) is 16.2 Å². The fourth-order valence-corrected chi connectivity index (χ4v) is 8.28. The van der Waals surface area contributed by atoms with E-state index in [1.807, 2.05) is 18.4 Å². The van der Waals surface area contributed by atoms with Crippen molar-refractivity contribution in [3.8, 4) is 16.5 Å². The van der Waals surface area contributed by atoms with Crippen molar-refractivity contribution in [1.82, 2.24) is 25.0 Å². The van der Waals surface area contributed by atoms with Gasteiger partial charge >= 0.3 is 0 Å². The summed E-state index contributed by atoms with van der Waals surface area (Å²) in [6, 6.07) is 5.61. The molecule has 13 nitrogen and oxygen atoms in total. The molecule has 2 amide bonds. The number of allylic oxidation sites excluding steroid dienone is 1. The van der Waals surface area contributed by atoms with Crippen LogP contribution in [0.25, 0.3) is 21.6 Å². The number of unbranched alkanes of at least 4 members (excludes halogenated alkanes) is 2. The number of nitrogens with one attached hydrogen (secondary N) is 3. The first-order valence-corrected chi connectivity index (χ1v) is 20.8. The van der Waals surface area contributed by atoms with Gasteiger partial charge in [-0.05, 0) is 94.6 Å². The Hall–Kier alpha value is -4.11. The SMILES string of the molecule is CC1CC[C@H](C(=O)N[C@@H]2C[C@H]2/C=C/CCCCN(C)N=O)C1.COc1ccc2c(=O)cc(-c3nc(C(C)C)cs3)[nH]c2c1C.O=CNS(=O)(=O)C1CC1. The minimum Gasteiger partial charge on any atom is -0.496 e. The van der Waals surface area contributed by atoms with Crippen LogP contribution in [0, 0.1) is 29.6 Å². The number of carbonyl (C=O) groups is 2. The smallest absolute Gasteiger partial charge is 0.237 e. The average molecular weight is 771 g/mol. The van der Waals surface area contributed by atoms with Crippen molar-refractivity contribution in [3.05, 3.63) is 62.1 Å². The summed E-state index contributed by atoms with van der Waals surface area (Å²) in [4.78, 5) is 52.3. The highest BCUT2D eigenvalue weighted by Gasteiger charge is 2.38. The van der Waals surface area contributed by atoms with Crippen LogP contribution >= 0.6 is 11.3 Å². The van der Waals surface area contributed by atoms with Gasteiger partial charge in [0.05, 0.1) is 34.6 Å². The lowest BCUT2D eigenvalue weighted by Crippen LogP contribution is -2.32. The van der Waals surface area contributed by atoms with Crippen molar-refractivity contribution >= 4 is 44.6 Å². The molecule has 3 aliphatic carbocycles. The zero-order chi connectivity index (χ0) is 38.7. The monoisotopic (exact) mass is 770 g/mol. The van der Waals surface area contributed by atoms with Gasteiger partial charge in [-0.25, -0.2) is 13.4 Å². The number of nitrogens with zero attached hydrogens (tertiary/aromatic N) is 3. The normalized spacial score (nSPS) is 20.6. The maximum atomic E-state index is 12.4. The van der Waals surface area contributed by atoms with Gasteiger partial charge in [0.25, 0.3) is 0 Å². The van der Waals surface area contributed by atoms with Gasteiger partial charge in [0.2, 0.25) is 22.3 Å². The number of rotatable bonds is 15. The Labute approximate surface area is 316 Å². The predicted octanol–water partition coefficient (Wildman–Crippen LogP) is 6.58. The van der Waals surface area contributed by atoms with E-state index in [0.717, 1.165) is 78.3 Å². The number of hydrogen-bond donors (Lipinski definition) is 3. The molecule has 4 atom stereocenters. The van der Waals surface area contributed by atoms with Crippen molar-refractivity contribution in [1.29, 1.82) is 0 Å². The molecule has 15 heteroatoms. The van der Waals surface area contributed by atoms with Crippen LogP contribution in [0.3, 0.4) is 0 Å². The molecule has 290 valence electrons. The summed E-state index contributed by atoms with van der Waals surface area (Å²) in [7, 11) is 0.0754. The molecule has 2 heterocycles. The van der Waals surface area contributed by atoms with E-state index >= 15 is 0 Å². The maximum Gasteiger partial charge on any atom is 0.237 e. The number of aryl methyl sites for hydroxylation is 1. The van der Waals surface area contributed by atoms with Crippen molar-refractivity contribution in [3.63, 3.8) is 0 Å². The summed E-state index contributed by atoms with van der Waals surface area (Å²) in [5.74, 6) is 2.90. The van der Waals surface area contributed by atoms with Gasteiger partial charge in [0, 0.05) is 47.9 Å². The quantitative estimate of drug-likeness (QED) is 0.0506. The lowest BCUT2D eigenvalue weighted by atomic mass is 10.1. The van der Waals surface area contributed by atoms with Crippen LogP contribution < -0.4 is 20.2 Å². The zero-order valence-electron chi connectivity index (χ0n) is 31.6. The number of methoxy groups -OCH3 is 1. The average Bonchev–Trinajstić information content (AvgIpc) is 4.02. The Balaban J connectivity index is 0.000000193. The van der Waals surface area contributed by atoms with Gasteiger partial charge in [0.1, 0.15) is 10.8 Å². The van der Waals surface area contributed by atoms with Crippen molar-refractivity contribution in [2.24, 2.45) is 23.0 Å². The van der Waals surface area contributed by atoms with Crippen LogP contribution in [0.15, 0.2) is 45.8 Å². The molecule has 1 aromatic carbocycles. The first-order valence-electron chi connectivity index (χ1n) is 18.4. The Kier molecular flexibility index (Phi) is 15.2. The number of thiazole rings is 1. The summed E-state index contributed by atoms with van der Waals surface area (Å²) in [6.07, 6.45) is 13.5. The number of carbonyl (C=O) groups excluding carboxylic acids is 2. The number of benzene rings is 1. The van der Waals surface area contributed by atoms with Crippen molar-refractivity contribution in [2.75, 3.05) is 20.7 Å². The topological polar surface area (TPSA) is 180 Å². The van der Waals surface area contributed by atoms with Crippen molar-refractivity contribution in [2.45, 2.75) is 103 Å². The minimum atomic E-state index is -3.26. The second-order valence-electron chi connectivity index (χ2n) is 14.6. The van der Waals surface area contributed by atoms with Crippen LogP contribution in [0.2, 0.25) is 0 Å². The molecule has 0 radical (unpaired) electrons. The van der Waals surface area contributed by atoms with E-state index in [1.54, 1.807) is 42.3 Å². The largest absolute Gasteiger partial charge is 0.496 e. The molecular formula is C38H54N6O7S2. The molecule has 0 spiro atoms. The van der Waals surface area contributed by atoms with Crippen LogP contribution in [0.4, 0.5) is 0 Å². The second kappa shape index (κ2) is 19.3. The summed E-state index contributed by atoms with van der Waals surface area (Å²) in [6.45, 7) is 9.12. The molecular weight excluding hydrogens is 717 g/mol. The minimum absolute atomic E-state index is 0.00389. The molecule has 6 rings (SSSR count). The number of amides is 2. The van der Waals surface area contributed by atoms with Gasteiger partial charge in [-0.2, -0.15) is 0 Å². The Bertz CT molecular complexity index is 1900. The van der Waals surface area contributed by atoms with E-state index in [9.17, 15) is 27.7 Å². The number of fused-ring (bicyclic) bond motifs is 1. The molecule has 0 aliphatic heterocycles. The lowest BCUT2D eigenvalue weighted by Gasteiger charge is -2.10. The molecule has 3 aliphatic rings. The van der Waals surface area contributed by atoms with Gasteiger partial charge in [0.15, 0.2) is 5.43 Å². The number of pyridine rings is 1. The van der Waals surface area contributed by atoms with Crippen LogP contribution in [0.1, 0.15) is 95.7 Å². The van der Waals surface area contributed by atoms with Crippen LogP contribution in [0.5, 0.6) is 5.75 Å². The highest BCUT2D eigenvalue weighted by Crippen LogP contribution is 2.35. The zero-order valence-corrected chi connectivity index (χ0v) is 33.2. The lowest BCUT2D eigenvalue weighted by molar-refractivity contribution is -0.125. The third-order valence-electron chi connectivity index (χ3n) is 9.81. The first-order chi connectivity index (χ1) is 25.3. The summed E-state index contributed by atoms with van der Waals surface area (Å²) < 4.78 is 28.4. The number of ether oxygens (including phenoxy) is 1. The third-order valence-corrected chi connectivity index (χ3v) is 12.5. The van der Waals surface area contributed by atoms with E-state index in [1.165, 1.54) is 11.4 Å². The fourth-order valence-electron chi connectivity index (χ4n) is 6.25. The number of aromatic nitrogens is 2. The molecule has 3 aromatic rings.